The van der Waals surface area contributed by atoms with Crippen LogP contribution < -0.4 is 10.1 Å². The van der Waals surface area contributed by atoms with Crippen LogP contribution in [0.1, 0.15) is 16.7 Å². The lowest BCUT2D eigenvalue weighted by molar-refractivity contribution is -0.112. The molecule has 0 bridgehead atoms. The van der Waals surface area contributed by atoms with E-state index in [1.165, 1.54) is 0 Å². The Morgan fingerprint density at radius 2 is 2.11 bits per heavy atom. The number of nitrogens with zero attached hydrogens (tertiary/aromatic N) is 1. The lowest BCUT2D eigenvalue weighted by Gasteiger charge is -2.10. The Balaban J connectivity index is 2.28. The van der Waals surface area contributed by atoms with Crippen molar-refractivity contribution in [1.29, 1.82) is 5.26 Å². The summed E-state index contributed by atoms with van der Waals surface area (Å²) in [6, 6.07) is 11.4. The normalized spacial score (nSPS) is 10.9. The molecule has 1 N–H and O–H groups in total. The topological polar surface area (TPSA) is 62.1 Å². The van der Waals surface area contributed by atoms with Crippen LogP contribution in [-0.2, 0) is 4.79 Å². The van der Waals surface area contributed by atoms with Crippen molar-refractivity contribution in [2.75, 3.05) is 11.9 Å². The second-order valence-electron chi connectivity index (χ2n) is 5.86. The van der Waals surface area contributed by atoms with E-state index in [1.807, 2.05) is 50.2 Å². The van der Waals surface area contributed by atoms with Crippen molar-refractivity contribution in [2.45, 2.75) is 13.8 Å². The minimum absolute atomic E-state index is 0.0254. The predicted octanol–water partition coefficient (Wildman–Crippen LogP) is 5.78. The fraction of sp³-hybridized carbons (Fsp3) is 0.143. The number of nitriles is 1. The summed E-state index contributed by atoms with van der Waals surface area (Å²) in [6.07, 6.45) is 3.23. The van der Waals surface area contributed by atoms with Crippen LogP contribution in [0.25, 0.3) is 6.08 Å². The van der Waals surface area contributed by atoms with Gasteiger partial charge < -0.3 is 10.1 Å². The van der Waals surface area contributed by atoms with Gasteiger partial charge in [-0.15, -0.1) is 0 Å². The molecule has 2 rings (SSSR count). The molecule has 0 aliphatic carbocycles. The van der Waals surface area contributed by atoms with E-state index in [0.29, 0.717) is 18.0 Å². The molecule has 138 valence electrons. The van der Waals surface area contributed by atoms with E-state index in [-0.39, 0.29) is 5.57 Å². The number of benzene rings is 2. The van der Waals surface area contributed by atoms with Gasteiger partial charge in [0.05, 0.1) is 8.04 Å². The molecule has 0 saturated heterocycles. The number of rotatable bonds is 6. The molecule has 2 aromatic carbocycles. The summed E-state index contributed by atoms with van der Waals surface area (Å²) in [7, 11) is 0. The van der Waals surface area contributed by atoms with Crippen LogP contribution in [0.15, 0.2) is 53.0 Å². The molecule has 0 aliphatic heterocycles. The summed E-state index contributed by atoms with van der Waals surface area (Å²) in [5, 5.41) is 12.2. The smallest absolute Gasteiger partial charge is 0.266 e. The summed E-state index contributed by atoms with van der Waals surface area (Å²) in [4.78, 5) is 12.5. The molecule has 0 fully saturated rings. The monoisotopic (exact) mass is 536 g/mol. The van der Waals surface area contributed by atoms with E-state index in [1.54, 1.807) is 12.2 Å². The molecule has 0 aliphatic rings. The maximum atomic E-state index is 12.5. The van der Waals surface area contributed by atoms with Gasteiger partial charge in [-0.1, -0.05) is 30.4 Å². The van der Waals surface area contributed by atoms with Crippen molar-refractivity contribution in [1.82, 2.24) is 0 Å². The highest BCUT2D eigenvalue weighted by atomic mass is 127. The van der Waals surface area contributed by atoms with Gasteiger partial charge in [0.2, 0.25) is 0 Å². The standard InChI is InChI=1S/C21H18BrIN2O2/c1-4-7-27-20-17(22)10-15(11-18(20)23)9-16(12-24)21(26)25-19-6-5-13(2)8-14(19)3/h4-6,8-11H,1,7H2,2-3H3,(H,25,26)/b16-9+. The van der Waals surface area contributed by atoms with Crippen molar-refractivity contribution in [2.24, 2.45) is 0 Å². The van der Waals surface area contributed by atoms with Crippen LogP contribution >= 0.6 is 38.5 Å². The fourth-order valence-electron chi connectivity index (χ4n) is 2.40. The van der Waals surface area contributed by atoms with Crippen LogP contribution in [0.3, 0.4) is 0 Å². The minimum atomic E-state index is -0.442. The highest BCUT2D eigenvalue weighted by Gasteiger charge is 2.13. The Bertz CT molecular complexity index is 938. The van der Waals surface area contributed by atoms with Gasteiger partial charge in [0.25, 0.3) is 5.91 Å². The Labute approximate surface area is 181 Å². The maximum absolute atomic E-state index is 12.5. The van der Waals surface area contributed by atoms with Gasteiger partial charge in [-0.25, -0.2) is 0 Å². The quantitative estimate of drug-likeness (QED) is 0.220. The van der Waals surface area contributed by atoms with Crippen molar-refractivity contribution < 1.29 is 9.53 Å². The Hall–Kier alpha value is -2.11. The SMILES string of the molecule is C=CCOc1c(Br)cc(/C=C(\C#N)C(=O)Nc2ccc(C)cc2C)cc1I. The van der Waals surface area contributed by atoms with Gasteiger partial charge in [0, 0.05) is 5.69 Å². The Morgan fingerprint density at radius 1 is 1.37 bits per heavy atom. The maximum Gasteiger partial charge on any atom is 0.266 e. The van der Waals surface area contributed by atoms with Gasteiger partial charge in [-0.2, -0.15) is 5.26 Å². The van der Waals surface area contributed by atoms with Gasteiger partial charge >= 0.3 is 0 Å². The second-order valence-corrected chi connectivity index (χ2v) is 7.87. The first-order chi connectivity index (χ1) is 12.8. The van der Waals surface area contributed by atoms with E-state index in [9.17, 15) is 10.1 Å². The summed E-state index contributed by atoms with van der Waals surface area (Å²) >= 11 is 5.62. The van der Waals surface area contributed by atoms with Crippen LogP contribution in [-0.4, -0.2) is 12.5 Å². The van der Waals surface area contributed by atoms with E-state index in [4.69, 9.17) is 4.74 Å². The number of hydrogen-bond acceptors (Lipinski definition) is 3. The molecule has 0 saturated carbocycles. The molecule has 27 heavy (non-hydrogen) atoms. The third-order valence-electron chi connectivity index (χ3n) is 3.67. The first-order valence-electron chi connectivity index (χ1n) is 8.09. The average molecular weight is 537 g/mol. The number of anilines is 1. The van der Waals surface area contributed by atoms with E-state index in [0.717, 1.165) is 24.7 Å². The van der Waals surface area contributed by atoms with Crippen molar-refractivity contribution in [3.8, 4) is 11.8 Å². The van der Waals surface area contributed by atoms with Crippen molar-refractivity contribution >= 4 is 56.2 Å². The van der Waals surface area contributed by atoms with E-state index >= 15 is 0 Å². The molecule has 0 aromatic heterocycles. The van der Waals surface area contributed by atoms with Gasteiger partial charge in [-0.05, 0) is 87.8 Å². The second kappa shape index (κ2) is 9.72. The Kier molecular flexibility index (Phi) is 7.63. The number of halogens is 2. The number of ether oxygens (including phenoxy) is 1. The molecular weight excluding hydrogens is 519 g/mol. The molecule has 4 nitrogen and oxygen atoms in total. The number of carbonyl (C=O) groups is 1. The Morgan fingerprint density at radius 3 is 2.70 bits per heavy atom. The molecule has 0 radical (unpaired) electrons. The number of aryl methyl sites for hydroxylation is 2. The zero-order valence-electron chi connectivity index (χ0n) is 15.0. The highest BCUT2D eigenvalue weighted by molar-refractivity contribution is 14.1. The van der Waals surface area contributed by atoms with Crippen LogP contribution in [0.2, 0.25) is 0 Å². The number of amides is 1. The first-order valence-corrected chi connectivity index (χ1v) is 9.96. The molecule has 0 unspecified atom stereocenters. The molecule has 0 spiro atoms. The van der Waals surface area contributed by atoms with E-state index < -0.39 is 5.91 Å². The molecule has 0 atom stereocenters. The van der Waals surface area contributed by atoms with Gasteiger partial charge in [0.15, 0.2) is 0 Å². The predicted molar refractivity (Wildman–Crippen MR) is 121 cm³/mol. The minimum Gasteiger partial charge on any atom is -0.487 e. The number of carbonyl (C=O) groups excluding carboxylic acids is 1. The summed E-state index contributed by atoms with van der Waals surface area (Å²) in [5.41, 5.74) is 3.50. The summed E-state index contributed by atoms with van der Waals surface area (Å²) in [6.45, 7) is 7.93. The number of nitrogens with one attached hydrogen (secondary N) is 1. The van der Waals surface area contributed by atoms with Crippen molar-refractivity contribution in [3.63, 3.8) is 0 Å². The number of hydrogen-bond donors (Lipinski definition) is 1. The molecule has 0 heterocycles. The highest BCUT2D eigenvalue weighted by Crippen LogP contribution is 2.32. The zero-order chi connectivity index (χ0) is 20.0. The average Bonchev–Trinajstić information content (AvgIpc) is 2.61. The van der Waals surface area contributed by atoms with Gasteiger partial charge in [-0.3, -0.25) is 4.79 Å². The molecule has 1 amide bonds. The lowest BCUT2D eigenvalue weighted by atomic mass is 10.1. The van der Waals surface area contributed by atoms with Crippen LogP contribution in [0.4, 0.5) is 5.69 Å². The lowest BCUT2D eigenvalue weighted by Crippen LogP contribution is -2.14. The van der Waals surface area contributed by atoms with Gasteiger partial charge in [0.1, 0.15) is 24.0 Å². The third kappa shape index (κ3) is 5.68. The first kappa shape index (κ1) is 21.2. The molecular formula is C21H18BrIN2O2. The van der Waals surface area contributed by atoms with Crippen LogP contribution in [0, 0.1) is 28.7 Å². The molecule has 6 heteroatoms. The largest absolute Gasteiger partial charge is 0.487 e. The van der Waals surface area contributed by atoms with Crippen molar-refractivity contribution in [3.05, 3.63) is 73.3 Å². The van der Waals surface area contributed by atoms with Crippen LogP contribution in [0.5, 0.6) is 5.75 Å². The summed E-state index contributed by atoms with van der Waals surface area (Å²) < 4.78 is 7.22. The fourth-order valence-corrected chi connectivity index (χ4v) is 4.17. The third-order valence-corrected chi connectivity index (χ3v) is 5.06. The zero-order valence-corrected chi connectivity index (χ0v) is 18.7. The van der Waals surface area contributed by atoms with E-state index in [2.05, 4.69) is 50.4 Å². The molecule has 2 aromatic rings. The summed E-state index contributed by atoms with van der Waals surface area (Å²) in [5.74, 6) is 0.258.